The first-order chi connectivity index (χ1) is 10.4. The van der Waals surface area contributed by atoms with Crippen LogP contribution in [-0.4, -0.2) is 16.9 Å². The Bertz CT molecular complexity index is 727. The monoisotopic (exact) mass is 362 g/mol. The molecule has 0 unspecified atom stereocenters. The first-order valence-electron chi connectivity index (χ1n) is 6.55. The van der Waals surface area contributed by atoms with Crippen LogP contribution in [0, 0.1) is 6.92 Å². The number of phenolic OH excluding ortho intramolecular Hbond substituents is 1. The molecule has 0 fully saturated rings. The summed E-state index contributed by atoms with van der Waals surface area (Å²) < 4.78 is 0.471. The molecule has 2 amide bonds. The van der Waals surface area contributed by atoms with Gasteiger partial charge in [0.2, 0.25) is 5.91 Å². The van der Waals surface area contributed by atoms with Gasteiger partial charge in [0, 0.05) is 18.3 Å². The molecule has 3 N–H and O–H groups in total. The van der Waals surface area contributed by atoms with Crippen LogP contribution in [0.15, 0.2) is 40.9 Å². The van der Waals surface area contributed by atoms with Gasteiger partial charge in [0.15, 0.2) is 0 Å². The quantitative estimate of drug-likeness (QED) is 0.779. The van der Waals surface area contributed by atoms with Crippen molar-refractivity contribution in [2.75, 3.05) is 10.6 Å². The van der Waals surface area contributed by atoms with Crippen LogP contribution < -0.4 is 10.6 Å². The lowest BCUT2D eigenvalue weighted by molar-refractivity contribution is -0.114. The Morgan fingerprint density at radius 2 is 1.59 bits per heavy atom. The van der Waals surface area contributed by atoms with Crippen LogP contribution in [0.3, 0.4) is 0 Å². The van der Waals surface area contributed by atoms with E-state index in [0.29, 0.717) is 15.8 Å². The minimum atomic E-state index is -0.408. The molecule has 0 atom stereocenters. The summed E-state index contributed by atoms with van der Waals surface area (Å²) in [6, 6.07) is 10.1. The maximum absolute atomic E-state index is 12.2. The molecule has 0 aliphatic carbocycles. The lowest BCUT2D eigenvalue weighted by Gasteiger charge is -2.10. The molecule has 0 heterocycles. The zero-order chi connectivity index (χ0) is 16.3. The molecule has 2 rings (SSSR count). The van der Waals surface area contributed by atoms with Crippen molar-refractivity contribution in [2.45, 2.75) is 13.8 Å². The molecule has 0 aromatic heterocycles. The number of carbonyl (C=O) groups excluding carboxylic acids is 2. The number of anilines is 2. The van der Waals surface area contributed by atoms with Crippen molar-refractivity contribution in [2.24, 2.45) is 0 Å². The molecule has 0 aliphatic heterocycles. The Balaban J connectivity index is 2.17. The zero-order valence-electron chi connectivity index (χ0n) is 12.1. The van der Waals surface area contributed by atoms with E-state index in [-0.39, 0.29) is 17.2 Å². The van der Waals surface area contributed by atoms with Crippen molar-refractivity contribution in [3.8, 4) is 5.75 Å². The van der Waals surface area contributed by atoms with Crippen LogP contribution in [-0.2, 0) is 4.79 Å². The number of aromatic hydroxyl groups is 1. The highest BCUT2D eigenvalue weighted by molar-refractivity contribution is 9.10. The number of hydrogen-bond acceptors (Lipinski definition) is 3. The van der Waals surface area contributed by atoms with Crippen molar-refractivity contribution >= 4 is 39.1 Å². The molecule has 0 aliphatic rings. The predicted molar refractivity (Wildman–Crippen MR) is 89.2 cm³/mol. The van der Waals surface area contributed by atoms with Gasteiger partial charge in [-0.25, -0.2) is 0 Å². The van der Waals surface area contributed by atoms with E-state index in [2.05, 4.69) is 26.6 Å². The van der Waals surface area contributed by atoms with Crippen molar-refractivity contribution < 1.29 is 14.7 Å². The number of nitrogens with one attached hydrogen (secondary N) is 2. The molecule has 0 spiro atoms. The number of halogens is 1. The van der Waals surface area contributed by atoms with Crippen LogP contribution in [0.1, 0.15) is 22.8 Å². The Hall–Kier alpha value is -2.34. The normalized spacial score (nSPS) is 10.1. The highest BCUT2D eigenvalue weighted by atomic mass is 79.9. The molecule has 0 saturated heterocycles. The summed E-state index contributed by atoms with van der Waals surface area (Å²) in [6.45, 7) is 3.26. The van der Waals surface area contributed by atoms with Gasteiger partial charge in [-0.15, -0.1) is 0 Å². The summed E-state index contributed by atoms with van der Waals surface area (Å²) in [5, 5.41) is 15.3. The summed E-state index contributed by atoms with van der Waals surface area (Å²) in [5.74, 6) is -0.668. The second kappa shape index (κ2) is 6.62. The minimum absolute atomic E-state index is 0.0991. The lowest BCUT2D eigenvalue weighted by atomic mass is 10.1. The van der Waals surface area contributed by atoms with Crippen molar-refractivity contribution in [3.05, 3.63) is 52.0 Å². The van der Waals surface area contributed by atoms with Gasteiger partial charge in [-0.1, -0.05) is 0 Å². The van der Waals surface area contributed by atoms with Gasteiger partial charge in [-0.2, -0.15) is 0 Å². The van der Waals surface area contributed by atoms with Gasteiger partial charge in [-0.3, -0.25) is 9.59 Å². The number of rotatable bonds is 3. The molecule has 22 heavy (non-hydrogen) atoms. The Morgan fingerprint density at radius 1 is 1.05 bits per heavy atom. The fourth-order valence-corrected chi connectivity index (χ4v) is 2.52. The maximum Gasteiger partial charge on any atom is 0.259 e. The van der Waals surface area contributed by atoms with Gasteiger partial charge in [-0.05, 0) is 64.8 Å². The first kappa shape index (κ1) is 16.0. The molecule has 0 saturated carbocycles. The third-order valence-electron chi connectivity index (χ3n) is 2.92. The summed E-state index contributed by atoms with van der Waals surface area (Å²) in [7, 11) is 0. The van der Waals surface area contributed by atoms with E-state index in [4.69, 9.17) is 0 Å². The number of aryl methyl sites for hydroxylation is 1. The summed E-state index contributed by atoms with van der Waals surface area (Å²) >= 11 is 3.21. The third-order valence-corrected chi connectivity index (χ3v) is 3.52. The number of benzene rings is 2. The average molecular weight is 363 g/mol. The maximum atomic E-state index is 12.2. The molecule has 0 radical (unpaired) electrons. The van der Waals surface area contributed by atoms with E-state index in [1.807, 2.05) is 6.92 Å². The van der Waals surface area contributed by atoms with E-state index in [0.717, 1.165) is 5.56 Å². The Labute approximate surface area is 136 Å². The van der Waals surface area contributed by atoms with Crippen LogP contribution in [0.2, 0.25) is 0 Å². The van der Waals surface area contributed by atoms with E-state index < -0.39 is 5.91 Å². The molecule has 2 aromatic rings. The number of hydrogen-bond donors (Lipinski definition) is 3. The van der Waals surface area contributed by atoms with Gasteiger partial charge >= 0.3 is 0 Å². The highest BCUT2D eigenvalue weighted by Gasteiger charge is 2.14. The summed E-state index contributed by atoms with van der Waals surface area (Å²) in [6.07, 6.45) is 0. The van der Waals surface area contributed by atoms with E-state index in [1.165, 1.54) is 6.92 Å². The zero-order valence-corrected chi connectivity index (χ0v) is 13.7. The fraction of sp³-hybridized carbons (Fsp3) is 0.125. The third kappa shape index (κ3) is 3.85. The molecule has 2 aromatic carbocycles. The first-order valence-corrected chi connectivity index (χ1v) is 7.34. The molecular formula is C16H15BrN2O3. The largest absolute Gasteiger partial charge is 0.506 e. The summed E-state index contributed by atoms with van der Waals surface area (Å²) in [4.78, 5) is 23.2. The molecular weight excluding hydrogens is 348 g/mol. The highest BCUT2D eigenvalue weighted by Crippen LogP contribution is 2.30. The lowest BCUT2D eigenvalue weighted by Crippen LogP contribution is -2.12. The Kier molecular flexibility index (Phi) is 4.82. The van der Waals surface area contributed by atoms with E-state index in [1.54, 1.807) is 36.4 Å². The molecule has 0 bridgehead atoms. The second-order valence-electron chi connectivity index (χ2n) is 4.86. The second-order valence-corrected chi connectivity index (χ2v) is 5.71. The van der Waals surface area contributed by atoms with Crippen LogP contribution >= 0.6 is 15.9 Å². The van der Waals surface area contributed by atoms with Crippen molar-refractivity contribution in [1.82, 2.24) is 0 Å². The van der Waals surface area contributed by atoms with Crippen molar-refractivity contribution in [3.63, 3.8) is 0 Å². The van der Waals surface area contributed by atoms with Crippen LogP contribution in [0.4, 0.5) is 11.4 Å². The van der Waals surface area contributed by atoms with E-state index in [9.17, 15) is 14.7 Å². The van der Waals surface area contributed by atoms with Gasteiger partial charge in [0.1, 0.15) is 5.75 Å². The molecule has 114 valence electrons. The van der Waals surface area contributed by atoms with Crippen molar-refractivity contribution in [1.29, 1.82) is 0 Å². The number of phenols is 1. The summed E-state index contributed by atoms with van der Waals surface area (Å²) in [5.41, 5.74) is 2.26. The average Bonchev–Trinajstić information content (AvgIpc) is 2.44. The van der Waals surface area contributed by atoms with Crippen LogP contribution in [0.25, 0.3) is 0 Å². The van der Waals surface area contributed by atoms with Gasteiger partial charge < -0.3 is 15.7 Å². The van der Waals surface area contributed by atoms with Crippen LogP contribution in [0.5, 0.6) is 5.75 Å². The molecule has 5 nitrogen and oxygen atoms in total. The molecule has 6 heteroatoms. The fourth-order valence-electron chi connectivity index (χ4n) is 1.95. The predicted octanol–water partition coefficient (Wildman–Crippen LogP) is 3.67. The smallest absolute Gasteiger partial charge is 0.259 e. The Morgan fingerprint density at radius 3 is 2.14 bits per heavy atom. The van der Waals surface area contributed by atoms with Gasteiger partial charge in [0.05, 0.1) is 10.0 Å². The number of carbonyl (C=O) groups is 2. The minimum Gasteiger partial charge on any atom is -0.506 e. The standard InChI is InChI=1S/C16H15BrN2O3/c1-9-7-13(15(21)14(17)8-9)16(22)19-12-5-3-11(4-6-12)18-10(2)20/h3-8,21H,1-2H3,(H,18,20)(H,19,22). The van der Waals surface area contributed by atoms with E-state index >= 15 is 0 Å². The van der Waals surface area contributed by atoms with Gasteiger partial charge in [0.25, 0.3) is 5.91 Å². The SMILES string of the molecule is CC(=O)Nc1ccc(NC(=O)c2cc(C)cc(Br)c2O)cc1. The topological polar surface area (TPSA) is 78.4 Å². The number of amides is 2.